The van der Waals surface area contributed by atoms with Crippen LogP contribution in [0.15, 0.2) is 21.2 Å². The Hall–Kier alpha value is -1.95. The summed E-state index contributed by atoms with van der Waals surface area (Å²) in [4.78, 5) is 19.2. The lowest BCUT2D eigenvalue weighted by molar-refractivity contribution is -0.119. The molecule has 0 radical (unpaired) electrons. The molecule has 3 heterocycles. The standard InChI is InChI=1S/C25H35N3O3/c1-3-22-12-23(27-31-22)25-13-20(25)15-28(16-25)9-8-18-4-6-19(7-5-18)10-21(29)11-24-26-14-17(2)30-24/h12,14,18-20H,3-11,13,15-16H2,1-2H3/t18?,19?,20-,25-/m0/s1. The van der Waals surface area contributed by atoms with Gasteiger partial charge in [0.05, 0.1) is 18.3 Å². The predicted molar refractivity (Wildman–Crippen MR) is 117 cm³/mol. The largest absolute Gasteiger partial charge is 0.446 e. The van der Waals surface area contributed by atoms with Crippen LogP contribution < -0.4 is 0 Å². The van der Waals surface area contributed by atoms with Crippen molar-refractivity contribution in [2.45, 2.75) is 77.0 Å². The van der Waals surface area contributed by atoms with Crippen LogP contribution in [0.1, 0.15) is 75.0 Å². The highest BCUT2D eigenvalue weighted by molar-refractivity contribution is 5.80. The molecule has 6 nitrogen and oxygen atoms in total. The molecular formula is C25H35N3O3. The summed E-state index contributed by atoms with van der Waals surface area (Å²) in [6.45, 7) is 7.56. The van der Waals surface area contributed by atoms with Crippen molar-refractivity contribution in [2.24, 2.45) is 17.8 Å². The van der Waals surface area contributed by atoms with E-state index in [4.69, 9.17) is 8.94 Å². The number of rotatable bonds is 9. The third-order valence-electron chi connectivity index (χ3n) is 7.99. The van der Waals surface area contributed by atoms with Crippen LogP contribution >= 0.6 is 0 Å². The van der Waals surface area contributed by atoms with Gasteiger partial charge in [0.1, 0.15) is 17.3 Å². The molecule has 0 aromatic carbocycles. The predicted octanol–water partition coefficient (Wildman–Crippen LogP) is 4.51. The minimum absolute atomic E-state index is 0.269. The van der Waals surface area contributed by atoms with Crippen molar-refractivity contribution in [3.05, 3.63) is 35.4 Å². The lowest BCUT2D eigenvalue weighted by atomic mass is 9.78. The van der Waals surface area contributed by atoms with Gasteiger partial charge in [0.25, 0.3) is 0 Å². The number of hydrogen-bond acceptors (Lipinski definition) is 6. The fourth-order valence-electron chi connectivity index (χ4n) is 6.00. The molecule has 1 saturated heterocycles. The van der Waals surface area contributed by atoms with Crippen LogP contribution in [0.2, 0.25) is 0 Å². The van der Waals surface area contributed by atoms with Crippen LogP contribution in [0, 0.1) is 24.7 Å². The van der Waals surface area contributed by atoms with Crippen LogP contribution in [0.5, 0.6) is 0 Å². The first-order valence-corrected chi connectivity index (χ1v) is 12.2. The monoisotopic (exact) mass is 425 g/mol. The number of hydrogen-bond donors (Lipinski definition) is 0. The summed E-state index contributed by atoms with van der Waals surface area (Å²) in [5, 5.41) is 4.39. The molecule has 2 aromatic rings. The lowest BCUT2D eigenvalue weighted by Crippen LogP contribution is -2.29. The van der Waals surface area contributed by atoms with E-state index in [1.807, 2.05) is 6.92 Å². The average molecular weight is 426 g/mol. The topological polar surface area (TPSA) is 72.4 Å². The molecule has 0 amide bonds. The number of Topliss-reactive ketones (excluding diaryl/α,β-unsaturated/α-hetero) is 1. The Morgan fingerprint density at radius 2 is 2.06 bits per heavy atom. The van der Waals surface area contributed by atoms with Gasteiger partial charge in [0.2, 0.25) is 5.89 Å². The van der Waals surface area contributed by atoms with Crippen molar-refractivity contribution >= 4 is 5.78 Å². The molecule has 2 aromatic heterocycles. The second-order valence-corrected chi connectivity index (χ2v) is 10.3. The van der Waals surface area contributed by atoms with E-state index in [0.717, 1.165) is 36.3 Å². The van der Waals surface area contributed by atoms with Gasteiger partial charge >= 0.3 is 0 Å². The van der Waals surface area contributed by atoms with Crippen LogP contribution in [-0.2, 0) is 23.1 Å². The van der Waals surface area contributed by atoms with Gasteiger partial charge in [-0.2, -0.15) is 0 Å². The van der Waals surface area contributed by atoms with Gasteiger partial charge in [0, 0.05) is 37.4 Å². The van der Waals surface area contributed by atoms with E-state index in [9.17, 15) is 4.79 Å². The maximum Gasteiger partial charge on any atom is 0.201 e. The second-order valence-electron chi connectivity index (χ2n) is 10.3. The summed E-state index contributed by atoms with van der Waals surface area (Å²) in [6.07, 6.45) is 11.1. The summed E-state index contributed by atoms with van der Waals surface area (Å²) in [7, 11) is 0. The van der Waals surface area contributed by atoms with E-state index in [0.29, 0.717) is 24.7 Å². The van der Waals surface area contributed by atoms with Crippen LogP contribution in [0.3, 0.4) is 0 Å². The number of aromatic nitrogens is 2. The molecule has 0 N–H and O–H groups in total. The van der Waals surface area contributed by atoms with E-state index >= 15 is 0 Å². The van der Waals surface area contributed by atoms with E-state index in [-0.39, 0.29) is 11.2 Å². The minimum Gasteiger partial charge on any atom is -0.446 e. The molecule has 2 saturated carbocycles. The Kier molecular flexibility index (Phi) is 5.76. The smallest absolute Gasteiger partial charge is 0.201 e. The number of piperidine rings is 1. The highest BCUT2D eigenvalue weighted by atomic mass is 16.5. The first kappa shape index (κ1) is 20.9. The number of fused-ring (bicyclic) bond motifs is 1. The molecule has 1 aliphatic heterocycles. The highest BCUT2D eigenvalue weighted by Gasteiger charge is 2.62. The maximum atomic E-state index is 12.4. The number of ketones is 1. The number of carbonyl (C=O) groups is 1. The normalized spacial score (nSPS) is 30.5. The highest BCUT2D eigenvalue weighted by Crippen LogP contribution is 2.58. The molecule has 0 bridgehead atoms. The van der Waals surface area contributed by atoms with Gasteiger partial charge in [-0.1, -0.05) is 24.9 Å². The number of nitrogens with zero attached hydrogens (tertiary/aromatic N) is 3. The number of aryl methyl sites for hydroxylation is 2. The molecule has 31 heavy (non-hydrogen) atoms. The van der Waals surface area contributed by atoms with Crippen LogP contribution in [0.25, 0.3) is 0 Å². The quantitative estimate of drug-likeness (QED) is 0.589. The van der Waals surface area contributed by atoms with Gasteiger partial charge in [-0.25, -0.2) is 4.98 Å². The van der Waals surface area contributed by atoms with Crippen molar-refractivity contribution in [1.29, 1.82) is 0 Å². The number of likely N-dealkylation sites (tertiary alicyclic amines) is 1. The molecule has 2 aliphatic carbocycles. The zero-order chi connectivity index (χ0) is 21.4. The van der Waals surface area contributed by atoms with E-state index < -0.39 is 0 Å². The van der Waals surface area contributed by atoms with Crippen LogP contribution in [-0.4, -0.2) is 40.5 Å². The van der Waals surface area contributed by atoms with Crippen molar-refractivity contribution in [3.8, 4) is 0 Å². The molecule has 2 atom stereocenters. The Balaban J connectivity index is 1.02. The molecule has 0 unspecified atom stereocenters. The van der Waals surface area contributed by atoms with E-state index in [2.05, 4.69) is 28.0 Å². The molecule has 3 fully saturated rings. The van der Waals surface area contributed by atoms with Crippen LogP contribution in [0.4, 0.5) is 0 Å². The van der Waals surface area contributed by atoms with Crippen molar-refractivity contribution < 1.29 is 13.7 Å². The molecule has 5 rings (SSSR count). The number of oxazole rings is 1. The maximum absolute atomic E-state index is 12.4. The van der Waals surface area contributed by atoms with Crippen molar-refractivity contribution in [2.75, 3.05) is 19.6 Å². The summed E-state index contributed by atoms with van der Waals surface area (Å²) < 4.78 is 10.9. The summed E-state index contributed by atoms with van der Waals surface area (Å²) in [6, 6.07) is 2.19. The van der Waals surface area contributed by atoms with Gasteiger partial charge in [-0.05, 0) is 56.9 Å². The van der Waals surface area contributed by atoms with Crippen molar-refractivity contribution in [1.82, 2.24) is 15.0 Å². The van der Waals surface area contributed by atoms with Gasteiger partial charge in [-0.15, -0.1) is 0 Å². The third kappa shape index (κ3) is 4.50. The molecule has 168 valence electrons. The second kappa shape index (κ2) is 8.53. The fourth-order valence-corrected chi connectivity index (χ4v) is 6.00. The summed E-state index contributed by atoms with van der Waals surface area (Å²) in [5.41, 5.74) is 1.48. The van der Waals surface area contributed by atoms with E-state index in [1.165, 1.54) is 57.3 Å². The summed E-state index contributed by atoms with van der Waals surface area (Å²) in [5.74, 6) is 4.75. The molecular weight excluding hydrogens is 390 g/mol. The third-order valence-corrected chi connectivity index (χ3v) is 7.99. The first-order chi connectivity index (χ1) is 15.0. The van der Waals surface area contributed by atoms with Gasteiger partial charge < -0.3 is 13.8 Å². The minimum atomic E-state index is 0.269. The van der Waals surface area contributed by atoms with Crippen molar-refractivity contribution in [3.63, 3.8) is 0 Å². The number of carbonyl (C=O) groups excluding carboxylic acids is 1. The summed E-state index contributed by atoms with van der Waals surface area (Å²) >= 11 is 0. The Labute approximate surface area is 184 Å². The lowest BCUT2D eigenvalue weighted by Gasteiger charge is -2.30. The van der Waals surface area contributed by atoms with Gasteiger partial charge in [-0.3, -0.25) is 4.79 Å². The van der Waals surface area contributed by atoms with Gasteiger partial charge in [0.15, 0.2) is 0 Å². The molecule has 6 heteroatoms. The zero-order valence-corrected chi connectivity index (χ0v) is 18.9. The Morgan fingerprint density at radius 3 is 2.77 bits per heavy atom. The first-order valence-electron chi connectivity index (χ1n) is 12.2. The Bertz CT molecular complexity index is 911. The zero-order valence-electron chi connectivity index (χ0n) is 18.9. The molecule has 0 spiro atoms. The van der Waals surface area contributed by atoms with E-state index in [1.54, 1.807) is 6.20 Å². The molecule has 3 aliphatic rings. The fraction of sp³-hybridized carbons (Fsp3) is 0.720. The SMILES string of the molecule is CCc1cc([C@]23C[C@H]2CN(CCC2CCC(CC(=O)Cc4ncc(C)o4)CC2)C3)no1. The Morgan fingerprint density at radius 1 is 1.26 bits per heavy atom. The average Bonchev–Trinajstić information content (AvgIpc) is 3.17.